The van der Waals surface area contributed by atoms with E-state index in [1.165, 1.54) is 0 Å². The number of aromatic nitrogens is 3. The van der Waals surface area contributed by atoms with Gasteiger partial charge in [0.2, 0.25) is 0 Å². The molecular weight excluding hydrogens is 336 g/mol. The van der Waals surface area contributed by atoms with Gasteiger partial charge in [-0.3, -0.25) is 4.79 Å². The van der Waals surface area contributed by atoms with Crippen LogP contribution in [-0.2, 0) is 0 Å². The number of para-hydroxylation sites is 1. The van der Waals surface area contributed by atoms with Gasteiger partial charge in [-0.1, -0.05) is 41.1 Å². The van der Waals surface area contributed by atoms with Crippen LogP contribution in [0.15, 0.2) is 36.4 Å². The Morgan fingerprint density at radius 2 is 1.72 bits per heavy atom. The van der Waals surface area contributed by atoms with E-state index in [9.17, 15) is 4.79 Å². The van der Waals surface area contributed by atoms with Crippen LogP contribution < -0.4 is 5.32 Å². The van der Waals surface area contributed by atoms with Gasteiger partial charge in [0, 0.05) is 10.7 Å². The Kier molecular flexibility index (Phi) is 4.59. The van der Waals surface area contributed by atoms with Gasteiger partial charge >= 0.3 is 0 Å². The number of anilines is 1. The number of halogens is 1. The lowest BCUT2D eigenvalue weighted by molar-refractivity contribution is 0.102. The number of carbonyl (C=O) groups is 1. The van der Waals surface area contributed by atoms with Crippen LogP contribution in [0.2, 0.25) is 5.02 Å². The molecule has 1 N–H and O–H groups in total. The lowest BCUT2D eigenvalue weighted by atomic mass is 10.1. The van der Waals surface area contributed by atoms with E-state index in [2.05, 4.69) is 15.6 Å². The van der Waals surface area contributed by atoms with Crippen molar-refractivity contribution < 1.29 is 4.79 Å². The third kappa shape index (κ3) is 3.28. The summed E-state index contributed by atoms with van der Waals surface area (Å²) in [6.07, 6.45) is 0. The average Bonchev–Trinajstić information content (AvgIpc) is 2.95. The van der Waals surface area contributed by atoms with E-state index in [0.717, 1.165) is 28.1 Å². The predicted molar refractivity (Wildman–Crippen MR) is 99.7 cm³/mol. The van der Waals surface area contributed by atoms with Crippen molar-refractivity contribution in [2.75, 3.05) is 5.32 Å². The molecule has 0 fully saturated rings. The van der Waals surface area contributed by atoms with Gasteiger partial charge in [0.1, 0.15) is 0 Å². The number of carbonyl (C=O) groups excluding carboxylic acids is 1. The number of amides is 1. The summed E-state index contributed by atoms with van der Waals surface area (Å²) in [7, 11) is 0. The third-order valence-electron chi connectivity index (χ3n) is 4.23. The predicted octanol–water partition coefficient (Wildman–Crippen LogP) is 4.41. The van der Waals surface area contributed by atoms with Gasteiger partial charge in [0.25, 0.3) is 5.91 Å². The second-order valence-corrected chi connectivity index (χ2v) is 6.50. The molecule has 0 aliphatic rings. The number of benzene rings is 2. The number of nitrogens with one attached hydrogen (secondary N) is 1. The Bertz CT molecular complexity index is 942. The molecule has 5 nitrogen and oxygen atoms in total. The zero-order valence-corrected chi connectivity index (χ0v) is 15.3. The van der Waals surface area contributed by atoms with Crippen molar-refractivity contribution in [1.82, 2.24) is 15.0 Å². The van der Waals surface area contributed by atoms with Gasteiger partial charge in [-0.2, -0.15) is 0 Å². The van der Waals surface area contributed by atoms with Crippen LogP contribution in [0.3, 0.4) is 0 Å². The number of nitrogens with zero attached hydrogens (tertiary/aromatic N) is 3. The van der Waals surface area contributed by atoms with Crippen LogP contribution in [0, 0.1) is 27.7 Å². The molecule has 3 rings (SSSR count). The highest BCUT2D eigenvalue weighted by atomic mass is 35.5. The Morgan fingerprint density at radius 1 is 1.04 bits per heavy atom. The summed E-state index contributed by atoms with van der Waals surface area (Å²) < 4.78 is 1.62. The van der Waals surface area contributed by atoms with Crippen LogP contribution in [0.5, 0.6) is 0 Å². The van der Waals surface area contributed by atoms with Crippen LogP contribution in [-0.4, -0.2) is 20.9 Å². The summed E-state index contributed by atoms with van der Waals surface area (Å²) in [5.41, 5.74) is 5.51. The van der Waals surface area contributed by atoms with Crippen LogP contribution in [0.25, 0.3) is 5.69 Å². The van der Waals surface area contributed by atoms with Gasteiger partial charge in [0.05, 0.1) is 11.4 Å². The quantitative estimate of drug-likeness (QED) is 0.758. The number of aryl methyl sites for hydroxylation is 3. The molecule has 3 aromatic rings. The number of hydrogen-bond donors (Lipinski definition) is 1. The first-order valence-corrected chi connectivity index (χ1v) is 8.32. The highest BCUT2D eigenvalue weighted by Gasteiger charge is 2.19. The average molecular weight is 355 g/mol. The standard InChI is InChI=1S/C19H19ClN4O/c1-11-8-9-15(10-16(11)20)24-14(4)18(22-23-24)19(25)21-17-12(2)6-5-7-13(17)3/h5-10H,1-4H3,(H,21,25). The van der Waals surface area contributed by atoms with Crippen LogP contribution >= 0.6 is 11.6 Å². The van der Waals surface area contributed by atoms with Crippen molar-refractivity contribution in [1.29, 1.82) is 0 Å². The normalized spacial score (nSPS) is 10.8. The topological polar surface area (TPSA) is 59.8 Å². The van der Waals surface area contributed by atoms with Gasteiger partial charge < -0.3 is 5.32 Å². The van der Waals surface area contributed by atoms with E-state index >= 15 is 0 Å². The molecule has 0 unspecified atom stereocenters. The molecule has 25 heavy (non-hydrogen) atoms. The minimum Gasteiger partial charge on any atom is -0.320 e. The third-order valence-corrected chi connectivity index (χ3v) is 4.64. The summed E-state index contributed by atoms with van der Waals surface area (Å²) in [5.74, 6) is -0.278. The number of rotatable bonds is 3. The summed E-state index contributed by atoms with van der Waals surface area (Å²) in [5, 5.41) is 11.8. The highest BCUT2D eigenvalue weighted by molar-refractivity contribution is 6.31. The fourth-order valence-corrected chi connectivity index (χ4v) is 2.86. The molecular formula is C19H19ClN4O. The lowest BCUT2D eigenvalue weighted by Crippen LogP contribution is -2.15. The Morgan fingerprint density at radius 3 is 2.36 bits per heavy atom. The van der Waals surface area contributed by atoms with Gasteiger partial charge in [-0.15, -0.1) is 5.10 Å². The first-order valence-electron chi connectivity index (χ1n) is 7.95. The summed E-state index contributed by atoms with van der Waals surface area (Å²) in [6, 6.07) is 11.5. The van der Waals surface area contributed by atoms with E-state index in [0.29, 0.717) is 16.4 Å². The molecule has 1 aromatic heterocycles. The van der Waals surface area contributed by atoms with E-state index in [4.69, 9.17) is 11.6 Å². The summed E-state index contributed by atoms with van der Waals surface area (Å²) >= 11 is 6.19. The van der Waals surface area contributed by atoms with Crippen molar-refractivity contribution in [3.8, 4) is 5.69 Å². The fraction of sp³-hybridized carbons (Fsp3) is 0.211. The fourth-order valence-electron chi connectivity index (χ4n) is 2.68. The molecule has 0 aliphatic heterocycles. The molecule has 6 heteroatoms. The molecule has 1 amide bonds. The Labute approximate surface area is 151 Å². The van der Waals surface area contributed by atoms with Crippen molar-refractivity contribution in [2.24, 2.45) is 0 Å². The second kappa shape index (κ2) is 6.69. The SMILES string of the molecule is Cc1ccc(-n2nnc(C(=O)Nc3c(C)cccc3C)c2C)cc1Cl. The van der Waals surface area contributed by atoms with Crippen LogP contribution in [0.4, 0.5) is 5.69 Å². The summed E-state index contributed by atoms with van der Waals surface area (Å²) in [6.45, 7) is 7.67. The maximum atomic E-state index is 12.7. The molecule has 0 saturated heterocycles. The number of hydrogen-bond acceptors (Lipinski definition) is 3. The molecule has 0 saturated carbocycles. The first-order chi connectivity index (χ1) is 11.9. The Balaban J connectivity index is 1.93. The monoisotopic (exact) mass is 354 g/mol. The van der Waals surface area contributed by atoms with E-state index in [1.54, 1.807) is 4.68 Å². The van der Waals surface area contributed by atoms with E-state index < -0.39 is 0 Å². The maximum Gasteiger partial charge on any atom is 0.278 e. The van der Waals surface area contributed by atoms with Crippen molar-refractivity contribution in [3.63, 3.8) is 0 Å². The van der Waals surface area contributed by atoms with E-state index in [-0.39, 0.29) is 5.91 Å². The lowest BCUT2D eigenvalue weighted by Gasteiger charge is -2.10. The summed E-state index contributed by atoms with van der Waals surface area (Å²) in [4.78, 5) is 12.7. The highest BCUT2D eigenvalue weighted by Crippen LogP contribution is 2.22. The second-order valence-electron chi connectivity index (χ2n) is 6.09. The molecule has 0 aliphatic carbocycles. The first kappa shape index (κ1) is 17.2. The maximum absolute atomic E-state index is 12.7. The van der Waals surface area contributed by atoms with E-state index in [1.807, 2.05) is 64.1 Å². The van der Waals surface area contributed by atoms with Gasteiger partial charge in [-0.25, -0.2) is 4.68 Å². The molecule has 0 atom stereocenters. The van der Waals surface area contributed by atoms with Gasteiger partial charge in [-0.05, 0) is 56.5 Å². The smallest absolute Gasteiger partial charge is 0.278 e. The molecule has 0 radical (unpaired) electrons. The zero-order chi connectivity index (χ0) is 18.1. The molecule has 0 bridgehead atoms. The Hall–Kier alpha value is -2.66. The largest absolute Gasteiger partial charge is 0.320 e. The van der Waals surface area contributed by atoms with Crippen molar-refractivity contribution in [2.45, 2.75) is 27.7 Å². The molecule has 128 valence electrons. The zero-order valence-electron chi connectivity index (χ0n) is 14.6. The molecule has 0 spiro atoms. The van der Waals surface area contributed by atoms with Crippen molar-refractivity contribution >= 4 is 23.2 Å². The van der Waals surface area contributed by atoms with Gasteiger partial charge in [0.15, 0.2) is 5.69 Å². The molecule has 2 aromatic carbocycles. The van der Waals surface area contributed by atoms with Crippen molar-refractivity contribution in [3.05, 3.63) is 69.5 Å². The van der Waals surface area contributed by atoms with Crippen LogP contribution in [0.1, 0.15) is 32.9 Å². The minimum atomic E-state index is -0.278. The minimum absolute atomic E-state index is 0.278. The molecule has 1 heterocycles.